The quantitative estimate of drug-likeness (QED) is 0.572. The standard InChI is InChI=1S/C16H24FN3O3/c1-10-12(17)8-11(9-13(10)18)14(21)19-6-5-7-20-15(22)23-16(2,3)4/h8-9H,5-7,18H2,1-4H3,(H,19,21)(H,20,22). The lowest BCUT2D eigenvalue weighted by molar-refractivity contribution is 0.0527. The molecule has 1 rings (SSSR count). The molecule has 23 heavy (non-hydrogen) atoms. The molecule has 0 bridgehead atoms. The van der Waals surface area contributed by atoms with Gasteiger partial charge in [0.25, 0.3) is 5.91 Å². The molecule has 0 radical (unpaired) electrons. The summed E-state index contributed by atoms with van der Waals surface area (Å²) in [4.78, 5) is 23.3. The van der Waals surface area contributed by atoms with Crippen molar-refractivity contribution in [1.29, 1.82) is 0 Å². The van der Waals surface area contributed by atoms with Gasteiger partial charge in [-0.15, -0.1) is 0 Å². The first-order valence-corrected chi connectivity index (χ1v) is 7.41. The summed E-state index contributed by atoms with van der Waals surface area (Å²) in [6.45, 7) is 7.58. The van der Waals surface area contributed by atoms with E-state index in [1.54, 1.807) is 27.7 Å². The SMILES string of the molecule is Cc1c(N)cc(C(=O)NCCCNC(=O)OC(C)(C)C)cc1F. The molecule has 0 atom stereocenters. The zero-order valence-electron chi connectivity index (χ0n) is 14.0. The van der Waals surface area contributed by atoms with Crippen LogP contribution in [0.5, 0.6) is 0 Å². The summed E-state index contributed by atoms with van der Waals surface area (Å²) in [5.41, 5.74) is 5.82. The summed E-state index contributed by atoms with van der Waals surface area (Å²) in [6.07, 6.45) is 0.0200. The minimum Gasteiger partial charge on any atom is -0.444 e. The zero-order valence-corrected chi connectivity index (χ0v) is 14.0. The number of nitrogens with two attached hydrogens (primary N) is 1. The molecule has 7 heteroatoms. The summed E-state index contributed by atoms with van der Waals surface area (Å²) < 4.78 is 18.6. The van der Waals surface area contributed by atoms with Gasteiger partial charge in [0.15, 0.2) is 0 Å². The molecule has 1 aromatic rings. The highest BCUT2D eigenvalue weighted by molar-refractivity contribution is 5.95. The van der Waals surface area contributed by atoms with Crippen LogP contribution >= 0.6 is 0 Å². The van der Waals surface area contributed by atoms with Crippen molar-refractivity contribution in [3.05, 3.63) is 29.1 Å². The largest absolute Gasteiger partial charge is 0.444 e. The monoisotopic (exact) mass is 325 g/mol. The Labute approximate surface area is 135 Å². The molecule has 0 saturated carbocycles. The highest BCUT2D eigenvalue weighted by atomic mass is 19.1. The molecule has 2 amide bonds. The van der Waals surface area contributed by atoms with E-state index in [1.807, 2.05) is 0 Å². The van der Waals surface area contributed by atoms with Crippen molar-refractivity contribution in [3.8, 4) is 0 Å². The van der Waals surface area contributed by atoms with Crippen molar-refractivity contribution in [2.45, 2.75) is 39.7 Å². The Bertz CT molecular complexity index is 559. The van der Waals surface area contributed by atoms with Gasteiger partial charge in [0.2, 0.25) is 0 Å². The van der Waals surface area contributed by atoms with E-state index in [1.165, 1.54) is 6.07 Å². The molecule has 0 fully saturated rings. The second kappa shape index (κ2) is 7.80. The average molecular weight is 325 g/mol. The van der Waals surface area contributed by atoms with E-state index in [2.05, 4.69) is 10.6 Å². The van der Waals surface area contributed by atoms with Crippen LogP contribution in [0.2, 0.25) is 0 Å². The third-order valence-electron chi connectivity index (χ3n) is 2.95. The van der Waals surface area contributed by atoms with Gasteiger partial charge < -0.3 is 21.1 Å². The van der Waals surface area contributed by atoms with E-state index in [0.29, 0.717) is 25.1 Å². The van der Waals surface area contributed by atoms with Crippen LogP contribution in [0.4, 0.5) is 14.9 Å². The molecular weight excluding hydrogens is 301 g/mol. The van der Waals surface area contributed by atoms with Crippen LogP contribution in [0.15, 0.2) is 12.1 Å². The molecule has 4 N–H and O–H groups in total. The van der Waals surface area contributed by atoms with Gasteiger partial charge in [-0.3, -0.25) is 4.79 Å². The zero-order chi connectivity index (χ0) is 17.6. The fraction of sp³-hybridized carbons (Fsp3) is 0.500. The van der Waals surface area contributed by atoms with Gasteiger partial charge in [-0.1, -0.05) is 0 Å². The van der Waals surface area contributed by atoms with Gasteiger partial charge in [-0.2, -0.15) is 0 Å². The molecule has 0 aliphatic heterocycles. The second-order valence-corrected chi connectivity index (χ2v) is 6.21. The van der Waals surface area contributed by atoms with Crippen LogP contribution in [-0.2, 0) is 4.74 Å². The number of carbonyl (C=O) groups excluding carboxylic acids is 2. The molecule has 6 nitrogen and oxygen atoms in total. The Balaban J connectivity index is 2.34. The van der Waals surface area contributed by atoms with Crippen LogP contribution < -0.4 is 16.4 Å². The van der Waals surface area contributed by atoms with Gasteiger partial charge in [0, 0.05) is 29.9 Å². The highest BCUT2D eigenvalue weighted by Gasteiger charge is 2.15. The van der Waals surface area contributed by atoms with Crippen molar-refractivity contribution < 1.29 is 18.7 Å². The maximum absolute atomic E-state index is 13.5. The molecular formula is C16H24FN3O3. The number of hydrogen-bond acceptors (Lipinski definition) is 4. The number of ether oxygens (including phenoxy) is 1. The number of hydrogen-bond donors (Lipinski definition) is 3. The lowest BCUT2D eigenvalue weighted by Crippen LogP contribution is -2.34. The van der Waals surface area contributed by atoms with E-state index in [9.17, 15) is 14.0 Å². The normalized spacial score (nSPS) is 11.0. The summed E-state index contributed by atoms with van der Waals surface area (Å²) in [5, 5.41) is 5.23. The molecule has 0 spiro atoms. The average Bonchev–Trinajstić information content (AvgIpc) is 2.41. The van der Waals surface area contributed by atoms with E-state index in [4.69, 9.17) is 10.5 Å². The van der Waals surface area contributed by atoms with E-state index < -0.39 is 23.4 Å². The number of anilines is 1. The molecule has 1 aromatic carbocycles. The Hall–Kier alpha value is -2.31. The number of rotatable bonds is 5. The van der Waals surface area contributed by atoms with Crippen molar-refractivity contribution in [1.82, 2.24) is 10.6 Å². The number of nitrogen functional groups attached to an aromatic ring is 1. The number of carbonyl (C=O) groups is 2. The molecule has 0 aliphatic rings. The Morgan fingerprint density at radius 3 is 2.39 bits per heavy atom. The maximum Gasteiger partial charge on any atom is 0.407 e. The van der Waals surface area contributed by atoms with Crippen LogP contribution in [0.1, 0.15) is 43.1 Å². The molecule has 0 heterocycles. The molecule has 0 aliphatic carbocycles. The van der Waals surface area contributed by atoms with Crippen molar-refractivity contribution in [3.63, 3.8) is 0 Å². The summed E-state index contributed by atoms with van der Waals surface area (Å²) >= 11 is 0. The van der Waals surface area contributed by atoms with E-state index in [0.717, 1.165) is 6.07 Å². The number of nitrogens with one attached hydrogen (secondary N) is 2. The Morgan fingerprint density at radius 1 is 1.22 bits per heavy atom. The third-order valence-corrected chi connectivity index (χ3v) is 2.95. The summed E-state index contributed by atoms with van der Waals surface area (Å²) in [5.74, 6) is -0.922. The van der Waals surface area contributed by atoms with Gasteiger partial charge in [0.1, 0.15) is 11.4 Å². The lowest BCUT2D eigenvalue weighted by Gasteiger charge is -2.19. The predicted molar refractivity (Wildman–Crippen MR) is 86.7 cm³/mol. The topological polar surface area (TPSA) is 93.5 Å². The second-order valence-electron chi connectivity index (χ2n) is 6.21. The Morgan fingerprint density at radius 2 is 1.83 bits per heavy atom. The molecule has 0 unspecified atom stereocenters. The van der Waals surface area contributed by atoms with Gasteiger partial charge in [-0.25, -0.2) is 9.18 Å². The van der Waals surface area contributed by atoms with Gasteiger partial charge in [0.05, 0.1) is 0 Å². The molecule has 128 valence electrons. The van der Waals surface area contributed by atoms with Gasteiger partial charge in [-0.05, 0) is 46.2 Å². The third kappa shape index (κ3) is 6.54. The van der Waals surface area contributed by atoms with E-state index in [-0.39, 0.29) is 11.3 Å². The number of alkyl carbamates (subject to hydrolysis) is 1. The Kier molecular flexibility index (Phi) is 6.36. The van der Waals surface area contributed by atoms with Gasteiger partial charge >= 0.3 is 6.09 Å². The molecule has 0 saturated heterocycles. The smallest absolute Gasteiger partial charge is 0.407 e. The number of benzene rings is 1. The number of amides is 2. The van der Waals surface area contributed by atoms with Crippen molar-refractivity contribution in [2.24, 2.45) is 0 Å². The fourth-order valence-electron chi connectivity index (χ4n) is 1.73. The van der Waals surface area contributed by atoms with Crippen LogP contribution in [0.3, 0.4) is 0 Å². The minimum atomic E-state index is -0.548. The minimum absolute atomic E-state index is 0.172. The molecule has 0 aromatic heterocycles. The van der Waals surface area contributed by atoms with Crippen LogP contribution in [-0.4, -0.2) is 30.7 Å². The fourth-order valence-corrected chi connectivity index (χ4v) is 1.73. The first kappa shape index (κ1) is 18.7. The first-order valence-electron chi connectivity index (χ1n) is 7.41. The first-order chi connectivity index (χ1) is 10.6. The maximum atomic E-state index is 13.5. The predicted octanol–water partition coefficient (Wildman–Crippen LogP) is 2.36. The van der Waals surface area contributed by atoms with Crippen molar-refractivity contribution in [2.75, 3.05) is 18.8 Å². The van der Waals surface area contributed by atoms with Crippen LogP contribution in [0, 0.1) is 12.7 Å². The van der Waals surface area contributed by atoms with E-state index >= 15 is 0 Å². The lowest BCUT2D eigenvalue weighted by atomic mass is 10.1. The number of halogens is 1. The van der Waals surface area contributed by atoms with Crippen molar-refractivity contribution >= 4 is 17.7 Å². The summed E-state index contributed by atoms with van der Waals surface area (Å²) in [6, 6.07) is 2.59. The van der Waals surface area contributed by atoms with Crippen LogP contribution in [0.25, 0.3) is 0 Å². The highest BCUT2D eigenvalue weighted by Crippen LogP contribution is 2.17. The summed E-state index contributed by atoms with van der Waals surface area (Å²) in [7, 11) is 0.